The molecule has 3 rings (SSSR count). The van der Waals surface area contributed by atoms with Crippen molar-refractivity contribution in [1.29, 1.82) is 0 Å². The zero-order valence-electron chi connectivity index (χ0n) is 12.8. The van der Waals surface area contributed by atoms with Gasteiger partial charge in [-0.3, -0.25) is 9.48 Å². The molecule has 1 unspecified atom stereocenters. The topological polar surface area (TPSA) is 73.0 Å². The van der Waals surface area contributed by atoms with Crippen molar-refractivity contribution < 1.29 is 9.32 Å². The van der Waals surface area contributed by atoms with Crippen molar-refractivity contribution in [2.75, 3.05) is 0 Å². The van der Waals surface area contributed by atoms with Crippen LogP contribution in [-0.4, -0.2) is 20.8 Å². The Hall–Kier alpha value is -2.89. The molecule has 0 aliphatic carbocycles. The van der Waals surface area contributed by atoms with Crippen LogP contribution >= 0.6 is 0 Å². The number of hydrogen-bond donors (Lipinski definition) is 1. The lowest BCUT2D eigenvalue weighted by atomic mass is 10.1. The summed E-state index contributed by atoms with van der Waals surface area (Å²) in [5.41, 5.74) is 1.80. The molecule has 0 aliphatic heterocycles. The van der Waals surface area contributed by atoms with Crippen LogP contribution in [0.15, 0.2) is 59.4 Å². The third kappa shape index (κ3) is 4.06. The Morgan fingerprint density at radius 2 is 2.13 bits per heavy atom. The highest BCUT2D eigenvalue weighted by Gasteiger charge is 2.17. The van der Waals surface area contributed by atoms with E-state index in [4.69, 9.17) is 4.52 Å². The molecule has 1 atom stereocenters. The quantitative estimate of drug-likeness (QED) is 0.758. The first kappa shape index (κ1) is 15.0. The second-order valence-corrected chi connectivity index (χ2v) is 5.37. The molecule has 3 aromatic rings. The molecular weight excluding hydrogens is 292 g/mol. The molecule has 118 valence electrons. The van der Waals surface area contributed by atoms with Crippen LogP contribution in [0.3, 0.4) is 0 Å². The molecule has 0 fully saturated rings. The van der Waals surface area contributed by atoms with Crippen LogP contribution in [0.5, 0.6) is 0 Å². The number of carbonyl (C=O) groups is 1. The monoisotopic (exact) mass is 310 g/mol. The summed E-state index contributed by atoms with van der Waals surface area (Å²) in [5, 5.41) is 11.1. The van der Waals surface area contributed by atoms with Gasteiger partial charge in [-0.2, -0.15) is 5.10 Å². The van der Waals surface area contributed by atoms with Crippen LogP contribution in [-0.2, 0) is 17.8 Å². The van der Waals surface area contributed by atoms with Crippen molar-refractivity contribution in [2.45, 2.75) is 25.9 Å². The first-order valence-electron chi connectivity index (χ1n) is 7.44. The van der Waals surface area contributed by atoms with Gasteiger partial charge in [0.2, 0.25) is 5.91 Å². The molecule has 2 heterocycles. The average Bonchev–Trinajstić information content (AvgIpc) is 3.19. The third-order valence-electron chi connectivity index (χ3n) is 3.48. The van der Waals surface area contributed by atoms with Crippen molar-refractivity contribution in [3.05, 3.63) is 71.9 Å². The number of nitrogens with one attached hydrogen (secondary N) is 1. The van der Waals surface area contributed by atoms with E-state index in [1.165, 1.54) is 0 Å². The number of nitrogens with zero attached hydrogens (tertiary/aromatic N) is 3. The lowest BCUT2D eigenvalue weighted by molar-refractivity contribution is -0.121. The predicted molar refractivity (Wildman–Crippen MR) is 84.5 cm³/mol. The first-order chi connectivity index (χ1) is 11.2. The van der Waals surface area contributed by atoms with Crippen molar-refractivity contribution >= 4 is 5.91 Å². The largest absolute Gasteiger partial charge is 0.361 e. The molecule has 0 bridgehead atoms. The second-order valence-electron chi connectivity index (χ2n) is 5.37. The van der Waals surface area contributed by atoms with Crippen LogP contribution in [0, 0.1) is 6.92 Å². The van der Waals surface area contributed by atoms with Gasteiger partial charge in [0, 0.05) is 18.5 Å². The Labute approximate surface area is 134 Å². The minimum Gasteiger partial charge on any atom is -0.361 e. The standard InChI is InChI=1S/C17H18N4O2/c1-13-10-15(23-20-13)11-17(22)19-16(12-21-9-5-8-18-21)14-6-3-2-4-7-14/h2-10,16H,11-12H2,1H3,(H,19,22). The van der Waals surface area contributed by atoms with Gasteiger partial charge in [-0.15, -0.1) is 0 Å². The Balaban J connectivity index is 1.71. The number of amides is 1. The van der Waals surface area contributed by atoms with Crippen LogP contribution in [0.4, 0.5) is 0 Å². The molecule has 1 N–H and O–H groups in total. The van der Waals surface area contributed by atoms with E-state index in [9.17, 15) is 4.79 Å². The lowest BCUT2D eigenvalue weighted by Crippen LogP contribution is -2.32. The highest BCUT2D eigenvalue weighted by atomic mass is 16.5. The second kappa shape index (κ2) is 6.91. The van der Waals surface area contributed by atoms with E-state index in [1.54, 1.807) is 16.9 Å². The Morgan fingerprint density at radius 1 is 1.30 bits per heavy atom. The molecule has 6 nitrogen and oxygen atoms in total. The van der Waals surface area contributed by atoms with Crippen molar-refractivity contribution in [1.82, 2.24) is 20.3 Å². The summed E-state index contributed by atoms with van der Waals surface area (Å²) in [4.78, 5) is 12.3. The molecule has 0 aliphatic rings. The maximum absolute atomic E-state index is 12.3. The summed E-state index contributed by atoms with van der Waals surface area (Å²) in [6.45, 7) is 2.40. The Morgan fingerprint density at radius 3 is 2.78 bits per heavy atom. The SMILES string of the molecule is Cc1cc(CC(=O)NC(Cn2cccn2)c2ccccc2)on1. The van der Waals surface area contributed by atoms with Crippen LogP contribution in [0.1, 0.15) is 23.1 Å². The predicted octanol–water partition coefficient (Wildman–Crippen LogP) is 2.28. The van der Waals surface area contributed by atoms with Crippen molar-refractivity contribution in [2.24, 2.45) is 0 Å². The minimum absolute atomic E-state index is 0.109. The fraction of sp³-hybridized carbons (Fsp3) is 0.235. The first-order valence-corrected chi connectivity index (χ1v) is 7.44. The zero-order valence-corrected chi connectivity index (χ0v) is 12.8. The summed E-state index contributed by atoms with van der Waals surface area (Å²) in [6, 6.07) is 13.3. The van der Waals surface area contributed by atoms with E-state index in [-0.39, 0.29) is 18.4 Å². The molecule has 23 heavy (non-hydrogen) atoms. The smallest absolute Gasteiger partial charge is 0.228 e. The summed E-state index contributed by atoms with van der Waals surface area (Å²) >= 11 is 0. The van der Waals surface area contributed by atoms with Crippen LogP contribution < -0.4 is 5.32 Å². The highest BCUT2D eigenvalue weighted by Crippen LogP contribution is 2.15. The van der Waals surface area contributed by atoms with E-state index in [1.807, 2.05) is 49.5 Å². The normalized spacial score (nSPS) is 12.0. The lowest BCUT2D eigenvalue weighted by Gasteiger charge is -2.19. The van der Waals surface area contributed by atoms with E-state index < -0.39 is 0 Å². The molecule has 1 amide bonds. The number of aromatic nitrogens is 3. The molecule has 0 saturated carbocycles. The van der Waals surface area contributed by atoms with E-state index in [2.05, 4.69) is 15.6 Å². The number of carbonyl (C=O) groups excluding carboxylic acids is 1. The van der Waals surface area contributed by atoms with Gasteiger partial charge in [-0.25, -0.2) is 0 Å². The summed E-state index contributed by atoms with van der Waals surface area (Å²) < 4.78 is 6.90. The van der Waals surface area contributed by atoms with Gasteiger partial charge in [-0.05, 0) is 18.6 Å². The zero-order chi connectivity index (χ0) is 16.1. The molecular formula is C17H18N4O2. The van der Waals surface area contributed by atoms with Gasteiger partial charge >= 0.3 is 0 Å². The summed E-state index contributed by atoms with van der Waals surface area (Å²) in [7, 11) is 0. The van der Waals surface area contributed by atoms with Gasteiger partial charge in [-0.1, -0.05) is 35.5 Å². The Bertz CT molecular complexity index is 750. The fourth-order valence-electron chi connectivity index (χ4n) is 2.42. The van der Waals surface area contributed by atoms with Gasteiger partial charge in [0.25, 0.3) is 0 Å². The molecule has 0 radical (unpaired) electrons. The molecule has 0 spiro atoms. The fourth-order valence-corrected chi connectivity index (χ4v) is 2.42. The van der Waals surface area contributed by atoms with Crippen LogP contribution in [0.2, 0.25) is 0 Å². The Kier molecular flexibility index (Phi) is 4.52. The van der Waals surface area contributed by atoms with E-state index >= 15 is 0 Å². The van der Waals surface area contributed by atoms with Gasteiger partial charge in [0.05, 0.1) is 24.7 Å². The maximum Gasteiger partial charge on any atom is 0.228 e. The number of aryl methyl sites for hydroxylation is 1. The van der Waals surface area contributed by atoms with Gasteiger partial charge in [0.15, 0.2) is 0 Å². The molecule has 1 aromatic carbocycles. The average molecular weight is 310 g/mol. The third-order valence-corrected chi connectivity index (χ3v) is 3.48. The van der Waals surface area contributed by atoms with Crippen molar-refractivity contribution in [3.63, 3.8) is 0 Å². The van der Waals surface area contributed by atoms with E-state index in [0.717, 1.165) is 11.3 Å². The molecule has 6 heteroatoms. The molecule has 2 aromatic heterocycles. The molecule has 0 saturated heterocycles. The van der Waals surface area contributed by atoms with Crippen LogP contribution in [0.25, 0.3) is 0 Å². The van der Waals surface area contributed by atoms with Gasteiger partial charge in [0.1, 0.15) is 5.76 Å². The maximum atomic E-state index is 12.3. The van der Waals surface area contributed by atoms with Gasteiger partial charge < -0.3 is 9.84 Å². The summed E-state index contributed by atoms with van der Waals surface area (Å²) in [5.74, 6) is 0.452. The summed E-state index contributed by atoms with van der Waals surface area (Å²) in [6.07, 6.45) is 3.77. The number of benzene rings is 1. The minimum atomic E-state index is -0.160. The number of hydrogen-bond acceptors (Lipinski definition) is 4. The van der Waals surface area contributed by atoms with Crippen molar-refractivity contribution in [3.8, 4) is 0 Å². The highest BCUT2D eigenvalue weighted by molar-refractivity contribution is 5.78. The van der Waals surface area contributed by atoms with E-state index in [0.29, 0.717) is 12.3 Å². The number of rotatable bonds is 6.